The average Bonchev–Trinajstić information content (AvgIpc) is 2.92. The first-order valence-electron chi connectivity index (χ1n) is 5.74. The molecule has 6 heteroatoms. The number of hydrogen-bond acceptors (Lipinski definition) is 3. The van der Waals surface area contributed by atoms with Crippen LogP contribution in [0.3, 0.4) is 0 Å². The Balaban J connectivity index is 1.83. The number of fused-ring (bicyclic) bond motifs is 1. The van der Waals surface area contributed by atoms with E-state index in [0.717, 1.165) is 16.5 Å². The highest BCUT2D eigenvalue weighted by Crippen LogP contribution is 2.22. The molecule has 0 unspecified atom stereocenters. The molecule has 0 bridgehead atoms. The quantitative estimate of drug-likeness (QED) is 0.656. The van der Waals surface area contributed by atoms with Crippen molar-refractivity contribution in [1.82, 2.24) is 15.2 Å². The second-order valence-electron chi connectivity index (χ2n) is 3.94. The first-order valence-corrected chi connectivity index (χ1v) is 5.74. The first kappa shape index (κ1) is 11.2. The summed E-state index contributed by atoms with van der Waals surface area (Å²) in [5.41, 5.74) is 0.745. The molecule has 0 aliphatic rings. The summed E-state index contributed by atoms with van der Waals surface area (Å²) >= 11 is 0. The van der Waals surface area contributed by atoms with Gasteiger partial charge in [0, 0.05) is 5.39 Å². The Morgan fingerprint density at radius 2 is 1.89 bits per heavy atom. The molecule has 0 saturated heterocycles. The number of carbonyl (C=O) groups excluding carboxylic acids is 1. The van der Waals surface area contributed by atoms with E-state index in [1.165, 1.54) is 6.33 Å². The third-order valence-corrected chi connectivity index (χ3v) is 2.68. The highest BCUT2D eigenvalue weighted by molar-refractivity contribution is 6.05. The normalized spacial score (nSPS) is 10.3. The minimum absolute atomic E-state index is 0.303. The molecule has 3 aromatic rings. The molecule has 0 saturated carbocycles. The van der Waals surface area contributed by atoms with E-state index in [2.05, 4.69) is 25.8 Å². The third-order valence-electron chi connectivity index (χ3n) is 2.68. The van der Waals surface area contributed by atoms with Crippen LogP contribution < -0.4 is 10.6 Å². The van der Waals surface area contributed by atoms with Crippen molar-refractivity contribution in [2.45, 2.75) is 0 Å². The zero-order chi connectivity index (χ0) is 13.1. The van der Waals surface area contributed by atoms with Crippen molar-refractivity contribution in [3.63, 3.8) is 0 Å². The molecule has 3 rings (SSSR count). The number of benzene rings is 2. The second kappa shape index (κ2) is 4.77. The molecule has 1 heterocycles. The van der Waals surface area contributed by atoms with Crippen molar-refractivity contribution in [3.05, 3.63) is 48.8 Å². The molecule has 3 N–H and O–H groups in total. The SMILES string of the molecule is O=C(Nc1ncn[nH]1)Nc1cccc2ccccc12. The zero-order valence-corrected chi connectivity index (χ0v) is 9.92. The van der Waals surface area contributed by atoms with Crippen LogP contribution in [-0.2, 0) is 0 Å². The topological polar surface area (TPSA) is 82.7 Å². The van der Waals surface area contributed by atoms with Gasteiger partial charge in [0.2, 0.25) is 5.95 Å². The van der Waals surface area contributed by atoms with Crippen molar-refractivity contribution in [2.24, 2.45) is 0 Å². The zero-order valence-electron chi connectivity index (χ0n) is 9.92. The van der Waals surface area contributed by atoms with E-state index < -0.39 is 0 Å². The van der Waals surface area contributed by atoms with Crippen LogP contribution in [0.2, 0.25) is 0 Å². The van der Waals surface area contributed by atoms with E-state index in [1.807, 2.05) is 42.5 Å². The maximum absolute atomic E-state index is 11.8. The molecule has 1 aromatic heterocycles. The highest BCUT2D eigenvalue weighted by atomic mass is 16.2. The number of aromatic nitrogens is 3. The Kier molecular flexibility index (Phi) is 2.82. The van der Waals surface area contributed by atoms with Gasteiger partial charge in [-0.05, 0) is 11.5 Å². The van der Waals surface area contributed by atoms with Crippen LogP contribution in [0.25, 0.3) is 10.8 Å². The molecule has 0 fully saturated rings. The van der Waals surface area contributed by atoms with Gasteiger partial charge in [-0.15, -0.1) is 0 Å². The molecule has 0 aliphatic carbocycles. The Morgan fingerprint density at radius 3 is 2.74 bits per heavy atom. The monoisotopic (exact) mass is 253 g/mol. The van der Waals surface area contributed by atoms with Gasteiger partial charge in [-0.1, -0.05) is 36.4 Å². The molecule has 0 spiro atoms. The summed E-state index contributed by atoms with van der Waals surface area (Å²) in [6, 6.07) is 13.2. The number of urea groups is 1. The van der Waals surface area contributed by atoms with Crippen molar-refractivity contribution in [2.75, 3.05) is 10.6 Å². The Labute approximate surface area is 108 Å². The fourth-order valence-corrected chi connectivity index (χ4v) is 1.86. The van der Waals surface area contributed by atoms with Crippen molar-refractivity contribution in [3.8, 4) is 0 Å². The summed E-state index contributed by atoms with van der Waals surface area (Å²) < 4.78 is 0. The third kappa shape index (κ3) is 2.37. The number of rotatable bonds is 2. The number of hydrogen-bond donors (Lipinski definition) is 3. The summed E-state index contributed by atoms with van der Waals surface area (Å²) in [4.78, 5) is 15.6. The first-order chi connectivity index (χ1) is 9.33. The molecular formula is C13H11N5O. The van der Waals surface area contributed by atoms with Gasteiger partial charge >= 0.3 is 6.03 Å². The summed E-state index contributed by atoms with van der Waals surface area (Å²) in [5.74, 6) is 0.303. The van der Waals surface area contributed by atoms with Crippen molar-refractivity contribution in [1.29, 1.82) is 0 Å². The van der Waals surface area contributed by atoms with Gasteiger partial charge < -0.3 is 5.32 Å². The Bertz CT molecular complexity index is 703. The lowest BCUT2D eigenvalue weighted by molar-refractivity contribution is 0.262. The van der Waals surface area contributed by atoms with Crippen molar-refractivity contribution >= 4 is 28.4 Å². The largest absolute Gasteiger partial charge is 0.326 e. The van der Waals surface area contributed by atoms with Crippen LogP contribution in [0.15, 0.2) is 48.8 Å². The number of carbonyl (C=O) groups is 1. The van der Waals surface area contributed by atoms with Gasteiger partial charge in [-0.3, -0.25) is 5.32 Å². The fraction of sp³-hybridized carbons (Fsp3) is 0. The number of nitrogens with one attached hydrogen (secondary N) is 3. The van der Waals surface area contributed by atoms with E-state index in [4.69, 9.17) is 0 Å². The minimum atomic E-state index is -0.367. The summed E-state index contributed by atoms with van der Waals surface area (Å²) in [7, 11) is 0. The molecule has 0 atom stereocenters. The van der Waals surface area contributed by atoms with E-state index in [-0.39, 0.29) is 6.03 Å². The molecule has 19 heavy (non-hydrogen) atoms. The fourth-order valence-electron chi connectivity index (χ4n) is 1.86. The maximum atomic E-state index is 11.8. The van der Waals surface area contributed by atoms with Crippen LogP contribution in [0.4, 0.5) is 16.4 Å². The molecule has 0 aliphatic heterocycles. The van der Waals surface area contributed by atoms with Crippen molar-refractivity contribution < 1.29 is 4.79 Å². The lowest BCUT2D eigenvalue weighted by atomic mass is 10.1. The molecule has 94 valence electrons. The summed E-state index contributed by atoms with van der Waals surface area (Å²) in [6.45, 7) is 0. The number of anilines is 2. The van der Waals surface area contributed by atoms with Crippen LogP contribution in [0.1, 0.15) is 0 Å². The number of H-pyrrole nitrogens is 1. The predicted molar refractivity (Wildman–Crippen MR) is 73.0 cm³/mol. The van der Waals surface area contributed by atoms with E-state index in [1.54, 1.807) is 0 Å². The molecule has 2 amide bonds. The van der Waals surface area contributed by atoms with Crippen LogP contribution in [-0.4, -0.2) is 21.2 Å². The van der Waals surface area contributed by atoms with E-state index in [9.17, 15) is 4.79 Å². The molecule has 6 nitrogen and oxygen atoms in total. The minimum Gasteiger partial charge on any atom is -0.307 e. The van der Waals surface area contributed by atoms with Gasteiger partial charge in [0.25, 0.3) is 0 Å². The summed E-state index contributed by atoms with van der Waals surface area (Å²) in [5, 5.41) is 13.6. The maximum Gasteiger partial charge on any atom is 0.326 e. The predicted octanol–water partition coefficient (Wildman–Crippen LogP) is 2.60. The average molecular weight is 253 g/mol. The highest BCUT2D eigenvalue weighted by Gasteiger charge is 2.06. The lowest BCUT2D eigenvalue weighted by Gasteiger charge is -2.08. The number of nitrogens with zero attached hydrogens (tertiary/aromatic N) is 2. The van der Waals surface area contributed by atoms with E-state index >= 15 is 0 Å². The van der Waals surface area contributed by atoms with Gasteiger partial charge in [0.05, 0.1) is 5.69 Å². The van der Waals surface area contributed by atoms with Crippen LogP contribution in [0.5, 0.6) is 0 Å². The van der Waals surface area contributed by atoms with Crippen LogP contribution in [0, 0.1) is 0 Å². The van der Waals surface area contributed by atoms with Gasteiger partial charge in [-0.25, -0.2) is 9.89 Å². The Hall–Kier alpha value is -2.89. The number of aromatic amines is 1. The van der Waals surface area contributed by atoms with Gasteiger partial charge in [0.15, 0.2) is 0 Å². The standard InChI is InChI=1S/C13H11N5O/c19-13(17-12-14-8-15-18-12)16-11-7-3-5-9-4-1-2-6-10(9)11/h1-8H,(H3,14,15,16,17,18,19). The second-order valence-corrected chi connectivity index (χ2v) is 3.94. The smallest absolute Gasteiger partial charge is 0.307 e. The van der Waals surface area contributed by atoms with Gasteiger partial charge in [0.1, 0.15) is 6.33 Å². The van der Waals surface area contributed by atoms with Crippen LogP contribution >= 0.6 is 0 Å². The molecule has 2 aromatic carbocycles. The van der Waals surface area contributed by atoms with Gasteiger partial charge in [-0.2, -0.15) is 10.1 Å². The summed E-state index contributed by atoms with van der Waals surface area (Å²) in [6.07, 6.45) is 1.33. The molecular weight excluding hydrogens is 242 g/mol. The Morgan fingerprint density at radius 1 is 1.05 bits per heavy atom. The van der Waals surface area contributed by atoms with E-state index in [0.29, 0.717) is 5.95 Å². The lowest BCUT2D eigenvalue weighted by Crippen LogP contribution is -2.20. The number of amides is 2. The molecule has 0 radical (unpaired) electrons.